The molecule has 3 aromatic carbocycles. The molecule has 4 rings (SSSR count). The molecular weight excluding hydrogens is 379 g/mol. The van der Waals surface area contributed by atoms with Crippen molar-refractivity contribution in [2.75, 3.05) is 12.1 Å². The second-order valence-electron chi connectivity index (χ2n) is 6.31. The lowest BCUT2D eigenvalue weighted by Crippen LogP contribution is -2.19. The zero-order valence-corrected chi connectivity index (χ0v) is 16.3. The summed E-state index contributed by atoms with van der Waals surface area (Å²) in [5.74, 6) is 0.822. The van der Waals surface area contributed by atoms with Crippen molar-refractivity contribution in [3.8, 4) is 5.75 Å². The molecule has 5 heteroatoms. The molecule has 1 aliphatic heterocycles. The van der Waals surface area contributed by atoms with E-state index in [2.05, 4.69) is 0 Å². The number of rotatable bonds is 4. The summed E-state index contributed by atoms with van der Waals surface area (Å²) in [4.78, 5) is 0. The van der Waals surface area contributed by atoms with Crippen LogP contribution in [0.15, 0.2) is 77.9 Å². The number of halogens is 2. The van der Waals surface area contributed by atoms with Gasteiger partial charge in [0, 0.05) is 22.0 Å². The molecule has 0 radical (unpaired) electrons. The van der Waals surface area contributed by atoms with Crippen LogP contribution in [0.3, 0.4) is 0 Å². The van der Waals surface area contributed by atoms with E-state index in [1.807, 2.05) is 77.8 Å². The first-order chi connectivity index (χ1) is 13.2. The molecule has 0 N–H and O–H groups in total. The van der Waals surface area contributed by atoms with Gasteiger partial charge in [-0.15, -0.1) is 0 Å². The molecule has 1 heterocycles. The van der Waals surface area contributed by atoms with Crippen LogP contribution in [-0.4, -0.2) is 12.8 Å². The predicted octanol–water partition coefficient (Wildman–Crippen LogP) is 6.36. The molecule has 0 aromatic heterocycles. The topological polar surface area (TPSA) is 24.8 Å². The van der Waals surface area contributed by atoms with Crippen LogP contribution < -0.4 is 9.75 Å². The average Bonchev–Trinajstić information content (AvgIpc) is 3.13. The Morgan fingerprint density at radius 3 is 2.19 bits per heavy atom. The van der Waals surface area contributed by atoms with E-state index in [4.69, 9.17) is 33.0 Å². The van der Waals surface area contributed by atoms with E-state index in [1.54, 1.807) is 7.11 Å². The maximum atomic E-state index is 6.52. The van der Waals surface area contributed by atoms with E-state index in [9.17, 15) is 0 Å². The highest BCUT2D eigenvalue weighted by Gasteiger charge is 2.32. The minimum Gasteiger partial charge on any atom is -0.497 e. The highest BCUT2D eigenvalue weighted by Crippen LogP contribution is 2.42. The summed E-state index contributed by atoms with van der Waals surface area (Å²) in [6.07, 6.45) is 0.713. The van der Waals surface area contributed by atoms with Gasteiger partial charge in [0.15, 0.2) is 0 Å². The first kappa shape index (κ1) is 17.9. The van der Waals surface area contributed by atoms with Gasteiger partial charge in [-0.05, 0) is 54.1 Å². The van der Waals surface area contributed by atoms with Gasteiger partial charge >= 0.3 is 0 Å². The number of methoxy groups -OCH3 is 1. The van der Waals surface area contributed by atoms with E-state index < -0.39 is 0 Å². The number of para-hydroxylation sites is 1. The Balaban J connectivity index is 1.77. The van der Waals surface area contributed by atoms with Gasteiger partial charge in [0.1, 0.15) is 5.75 Å². The smallest absolute Gasteiger partial charge is 0.118 e. The second kappa shape index (κ2) is 7.63. The maximum absolute atomic E-state index is 6.52. The number of hydrogen-bond acceptors (Lipinski definition) is 3. The number of hydrogen-bond donors (Lipinski definition) is 0. The van der Waals surface area contributed by atoms with Gasteiger partial charge in [0.05, 0.1) is 24.6 Å². The van der Waals surface area contributed by atoms with Gasteiger partial charge in [-0.25, -0.2) is 0 Å². The summed E-state index contributed by atoms with van der Waals surface area (Å²) in [6, 6.07) is 23.6. The van der Waals surface area contributed by atoms with Crippen molar-refractivity contribution >= 4 is 34.6 Å². The van der Waals surface area contributed by atoms with Gasteiger partial charge in [-0.2, -0.15) is 5.10 Å². The number of hydrazone groups is 1. The Kier molecular flexibility index (Phi) is 5.06. The van der Waals surface area contributed by atoms with Gasteiger partial charge in [-0.3, -0.25) is 5.01 Å². The van der Waals surface area contributed by atoms with Crippen molar-refractivity contribution in [1.29, 1.82) is 0 Å². The molecule has 0 saturated heterocycles. The van der Waals surface area contributed by atoms with Crippen molar-refractivity contribution in [2.45, 2.75) is 12.5 Å². The molecule has 136 valence electrons. The highest BCUT2D eigenvalue weighted by atomic mass is 35.5. The lowest BCUT2D eigenvalue weighted by Gasteiger charge is -2.25. The van der Waals surface area contributed by atoms with E-state index in [1.165, 1.54) is 0 Å². The third kappa shape index (κ3) is 3.53. The van der Waals surface area contributed by atoms with Crippen LogP contribution in [0, 0.1) is 0 Å². The molecule has 1 atom stereocenters. The van der Waals surface area contributed by atoms with Crippen LogP contribution in [-0.2, 0) is 0 Å². The summed E-state index contributed by atoms with van der Waals surface area (Å²) in [6.45, 7) is 0. The van der Waals surface area contributed by atoms with Crippen LogP contribution in [0.4, 0.5) is 5.69 Å². The molecular formula is C22H18Cl2N2O. The molecule has 3 aromatic rings. The number of anilines is 1. The van der Waals surface area contributed by atoms with E-state index in [0.29, 0.717) is 16.5 Å². The van der Waals surface area contributed by atoms with Gasteiger partial charge in [0.2, 0.25) is 0 Å². The first-order valence-electron chi connectivity index (χ1n) is 8.67. The average molecular weight is 397 g/mol. The van der Waals surface area contributed by atoms with Gasteiger partial charge in [-0.1, -0.05) is 47.5 Å². The Hall–Kier alpha value is -2.49. The SMILES string of the molecule is COc1ccc(C2=NN(c3ccccc3)C(c3c(Cl)cccc3Cl)C2)cc1. The van der Waals surface area contributed by atoms with Gasteiger partial charge < -0.3 is 4.74 Å². The fourth-order valence-electron chi connectivity index (χ4n) is 3.34. The molecule has 1 aliphatic rings. The Labute approximate surface area is 168 Å². The minimum absolute atomic E-state index is 0.0642. The normalized spacial score (nSPS) is 16.3. The minimum atomic E-state index is -0.0642. The van der Waals surface area contributed by atoms with Crippen LogP contribution >= 0.6 is 23.2 Å². The molecule has 0 saturated carbocycles. The van der Waals surface area contributed by atoms with E-state index in [-0.39, 0.29) is 6.04 Å². The number of benzene rings is 3. The van der Waals surface area contributed by atoms with Crippen molar-refractivity contribution in [2.24, 2.45) is 5.10 Å². The first-order valence-corrected chi connectivity index (χ1v) is 9.43. The summed E-state index contributed by atoms with van der Waals surface area (Å²) < 4.78 is 5.26. The predicted molar refractivity (Wildman–Crippen MR) is 112 cm³/mol. The second-order valence-corrected chi connectivity index (χ2v) is 7.12. The lowest BCUT2D eigenvalue weighted by molar-refractivity contribution is 0.415. The number of ether oxygens (including phenoxy) is 1. The van der Waals surface area contributed by atoms with Crippen LogP contribution in [0.1, 0.15) is 23.6 Å². The third-order valence-corrected chi connectivity index (χ3v) is 5.35. The molecule has 0 bridgehead atoms. The largest absolute Gasteiger partial charge is 0.497 e. The van der Waals surface area contributed by atoms with Crippen molar-refractivity contribution in [3.05, 3.63) is 94.0 Å². The highest BCUT2D eigenvalue weighted by molar-refractivity contribution is 6.36. The fraction of sp³-hybridized carbons (Fsp3) is 0.136. The Bertz CT molecular complexity index is 951. The molecule has 1 unspecified atom stereocenters. The zero-order chi connectivity index (χ0) is 18.8. The van der Waals surface area contributed by atoms with Crippen LogP contribution in [0.2, 0.25) is 10.0 Å². The molecule has 0 fully saturated rings. The molecule has 27 heavy (non-hydrogen) atoms. The molecule has 0 aliphatic carbocycles. The van der Waals surface area contributed by atoms with Crippen molar-refractivity contribution < 1.29 is 4.74 Å². The van der Waals surface area contributed by atoms with E-state index in [0.717, 1.165) is 28.3 Å². The monoisotopic (exact) mass is 396 g/mol. The Morgan fingerprint density at radius 1 is 0.889 bits per heavy atom. The third-order valence-electron chi connectivity index (χ3n) is 4.69. The van der Waals surface area contributed by atoms with Crippen molar-refractivity contribution in [3.63, 3.8) is 0 Å². The quantitative estimate of drug-likeness (QED) is 0.512. The lowest BCUT2D eigenvalue weighted by atomic mass is 9.98. The standard InChI is InChI=1S/C22H18Cl2N2O/c1-27-17-12-10-15(11-13-17)20-14-21(22-18(23)8-5-9-19(22)24)26(25-20)16-6-3-2-4-7-16/h2-13,21H,14H2,1H3. The van der Waals surface area contributed by atoms with Gasteiger partial charge in [0.25, 0.3) is 0 Å². The zero-order valence-electron chi connectivity index (χ0n) is 14.8. The molecule has 0 amide bonds. The van der Waals surface area contributed by atoms with Crippen LogP contribution in [0.25, 0.3) is 0 Å². The summed E-state index contributed by atoms with van der Waals surface area (Å²) in [5, 5.41) is 8.23. The molecule has 0 spiro atoms. The maximum Gasteiger partial charge on any atom is 0.118 e. The van der Waals surface area contributed by atoms with Crippen molar-refractivity contribution in [1.82, 2.24) is 0 Å². The number of nitrogens with zero attached hydrogens (tertiary/aromatic N) is 2. The molecule has 3 nitrogen and oxygen atoms in total. The Morgan fingerprint density at radius 2 is 1.56 bits per heavy atom. The van der Waals surface area contributed by atoms with E-state index >= 15 is 0 Å². The summed E-state index contributed by atoms with van der Waals surface area (Å²) in [7, 11) is 1.66. The fourth-order valence-corrected chi connectivity index (χ4v) is 3.99. The summed E-state index contributed by atoms with van der Waals surface area (Å²) >= 11 is 13.0. The van der Waals surface area contributed by atoms with Crippen LogP contribution in [0.5, 0.6) is 5.75 Å². The summed E-state index contributed by atoms with van der Waals surface area (Å²) in [5.41, 5.74) is 3.95.